The Morgan fingerprint density at radius 3 is 2.50 bits per heavy atom. The van der Waals surface area contributed by atoms with E-state index in [2.05, 4.69) is 0 Å². The van der Waals surface area contributed by atoms with Crippen LogP contribution < -0.4 is 0 Å². The van der Waals surface area contributed by atoms with Gasteiger partial charge in [0.25, 0.3) is 0 Å². The highest BCUT2D eigenvalue weighted by Gasteiger charge is 2.27. The van der Waals surface area contributed by atoms with E-state index in [-0.39, 0.29) is 9.39 Å². The third-order valence-corrected chi connectivity index (χ3v) is 3.07. The molecule has 0 radical (unpaired) electrons. The number of hydrogen-bond acceptors (Lipinski definition) is 0. The Kier molecular flexibility index (Phi) is 2.06. The summed E-state index contributed by atoms with van der Waals surface area (Å²) in [6.07, 6.45) is 2.08. The zero-order chi connectivity index (χ0) is 8.72. The van der Waals surface area contributed by atoms with E-state index in [1.807, 2.05) is 0 Å². The molecule has 0 amide bonds. The molecule has 1 aromatic carbocycles. The van der Waals surface area contributed by atoms with Crippen LogP contribution in [0.4, 0.5) is 8.78 Å². The van der Waals surface area contributed by atoms with E-state index < -0.39 is 5.82 Å². The van der Waals surface area contributed by atoms with Gasteiger partial charge < -0.3 is 0 Å². The minimum atomic E-state index is -0.461. The SMILES string of the molecule is Fc1ccc(C2CC2)c(F)c1I. The van der Waals surface area contributed by atoms with Crippen molar-refractivity contribution in [2.75, 3.05) is 0 Å². The van der Waals surface area contributed by atoms with E-state index in [1.54, 1.807) is 28.7 Å². The molecular formula is C9H7F2I. The van der Waals surface area contributed by atoms with Crippen LogP contribution in [0, 0.1) is 15.2 Å². The molecule has 0 N–H and O–H groups in total. The third-order valence-electron chi connectivity index (χ3n) is 2.08. The van der Waals surface area contributed by atoms with E-state index in [4.69, 9.17) is 0 Å². The van der Waals surface area contributed by atoms with Crippen LogP contribution in [0.2, 0.25) is 0 Å². The largest absolute Gasteiger partial charge is 0.206 e. The van der Waals surface area contributed by atoms with Gasteiger partial charge in [-0.25, -0.2) is 8.78 Å². The van der Waals surface area contributed by atoms with Crippen LogP contribution in [-0.4, -0.2) is 0 Å². The molecule has 1 fully saturated rings. The van der Waals surface area contributed by atoms with Gasteiger partial charge in [0.1, 0.15) is 11.6 Å². The molecule has 2 rings (SSSR count). The Balaban J connectivity index is 2.49. The van der Waals surface area contributed by atoms with Crippen molar-refractivity contribution in [3.05, 3.63) is 32.9 Å². The lowest BCUT2D eigenvalue weighted by Gasteiger charge is -2.02. The molecule has 0 saturated heterocycles. The van der Waals surface area contributed by atoms with Crippen molar-refractivity contribution in [3.8, 4) is 0 Å². The highest BCUT2D eigenvalue weighted by molar-refractivity contribution is 14.1. The Hall–Kier alpha value is -0.190. The fourth-order valence-corrected chi connectivity index (χ4v) is 1.74. The fourth-order valence-electron chi connectivity index (χ4n) is 1.25. The number of halogens is 3. The maximum absolute atomic E-state index is 13.3. The van der Waals surface area contributed by atoms with Crippen LogP contribution in [0.3, 0.4) is 0 Å². The van der Waals surface area contributed by atoms with Crippen LogP contribution in [-0.2, 0) is 0 Å². The van der Waals surface area contributed by atoms with Crippen LogP contribution in [0.25, 0.3) is 0 Å². The molecule has 12 heavy (non-hydrogen) atoms. The molecule has 0 spiro atoms. The fraction of sp³-hybridized carbons (Fsp3) is 0.333. The molecule has 0 aliphatic heterocycles. The predicted octanol–water partition coefficient (Wildman–Crippen LogP) is 3.45. The molecular weight excluding hydrogens is 273 g/mol. The van der Waals surface area contributed by atoms with Gasteiger partial charge in [-0.1, -0.05) is 6.07 Å². The molecule has 0 aromatic heterocycles. The summed E-state index contributed by atoms with van der Waals surface area (Å²) in [4.78, 5) is 0. The quantitative estimate of drug-likeness (QED) is 0.546. The second-order valence-electron chi connectivity index (χ2n) is 3.04. The van der Waals surface area contributed by atoms with Gasteiger partial charge in [-0.3, -0.25) is 0 Å². The molecule has 0 unspecified atom stereocenters. The molecule has 64 valence electrons. The van der Waals surface area contributed by atoms with E-state index >= 15 is 0 Å². The first-order chi connectivity index (χ1) is 5.70. The number of rotatable bonds is 1. The van der Waals surface area contributed by atoms with E-state index in [9.17, 15) is 8.78 Å². The summed E-state index contributed by atoms with van der Waals surface area (Å²) < 4.78 is 26.2. The van der Waals surface area contributed by atoms with Gasteiger partial charge in [0, 0.05) is 0 Å². The summed E-state index contributed by atoms with van der Waals surface area (Å²) in [7, 11) is 0. The Morgan fingerprint density at radius 2 is 1.92 bits per heavy atom. The lowest BCUT2D eigenvalue weighted by Crippen LogP contribution is -1.94. The standard InChI is InChI=1S/C9H7F2I/c10-7-4-3-6(5-1-2-5)8(11)9(7)12/h3-5H,1-2H2. The minimum Gasteiger partial charge on any atom is -0.206 e. The Bertz CT molecular complexity index is 319. The average molecular weight is 280 g/mol. The van der Waals surface area contributed by atoms with Crippen LogP contribution in [0.15, 0.2) is 12.1 Å². The molecule has 3 heteroatoms. The van der Waals surface area contributed by atoms with E-state index in [0.717, 1.165) is 12.8 Å². The third kappa shape index (κ3) is 1.34. The van der Waals surface area contributed by atoms with Gasteiger partial charge in [-0.2, -0.15) is 0 Å². The van der Waals surface area contributed by atoms with Crippen molar-refractivity contribution in [1.29, 1.82) is 0 Å². The highest BCUT2D eigenvalue weighted by atomic mass is 127. The lowest BCUT2D eigenvalue weighted by atomic mass is 10.1. The zero-order valence-corrected chi connectivity index (χ0v) is 8.44. The Morgan fingerprint density at radius 1 is 1.25 bits per heavy atom. The molecule has 1 aliphatic carbocycles. The normalized spacial score (nSPS) is 16.6. The predicted molar refractivity (Wildman–Crippen MR) is 51.1 cm³/mol. The molecule has 0 nitrogen and oxygen atoms in total. The van der Waals surface area contributed by atoms with Crippen LogP contribution in [0.1, 0.15) is 24.3 Å². The topological polar surface area (TPSA) is 0 Å². The average Bonchev–Trinajstić information content (AvgIpc) is 2.84. The van der Waals surface area contributed by atoms with Crippen molar-refractivity contribution in [3.63, 3.8) is 0 Å². The van der Waals surface area contributed by atoms with E-state index in [1.165, 1.54) is 6.07 Å². The van der Waals surface area contributed by atoms with Gasteiger partial charge in [-0.15, -0.1) is 0 Å². The first-order valence-electron chi connectivity index (χ1n) is 3.83. The summed E-state index contributed by atoms with van der Waals surface area (Å²) in [5, 5.41) is 0. The first-order valence-corrected chi connectivity index (χ1v) is 4.91. The van der Waals surface area contributed by atoms with Crippen LogP contribution in [0.5, 0.6) is 0 Å². The van der Waals surface area contributed by atoms with Crippen molar-refractivity contribution in [1.82, 2.24) is 0 Å². The van der Waals surface area contributed by atoms with Gasteiger partial charge >= 0.3 is 0 Å². The second-order valence-corrected chi connectivity index (χ2v) is 4.12. The van der Waals surface area contributed by atoms with E-state index in [0.29, 0.717) is 11.5 Å². The summed E-state index contributed by atoms with van der Waals surface area (Å²) in [5.41, 5.74) is 0.681. The summed E-state index contributed by atoms with van der Waals surface area (Å²) >= 11 is 1.71. The van der Waals surface area contributed by atoms with Gasteiger partial charge in [0.15, 0.2) is 0 Å². The molecule has 0 atom stereocenters. The maximum atomic E-state index is 13.3. The zero-order valence-electron chi connectivity index (χ0n) is 6.28. The van der Waals surface area contributed by atoms with Crippen molar-refractivity contribution in [2.45, 2.75) is 18.8 Å². The molecule has 1 aromatic rings. The lowest BCUT2D eigenvalue weighted by molar-refractivity contribution is 0.560. The summed E-state index contributed by atoms with van der Waals surface area (Å²) in [5.74, 6) is -0.477. The molecule has 1 saturated carbocycles. The van der Waals surface area contributed by atoms with Crippen molar-refractivity contribution < 1.29 is 8.78 Å². The van der Waals surface area contributed by atoms with Crippen LogP contribution >= 0.6 is 22.6 Å². The highest BCUT2D eigenvalue weighted by Crippen LogP contribution is 2.42. The maximum Gasteiger partial charge on any atom is 0.142 e. The minimum absolute atomic E-state index is 0.122. The molecule has 0 heterocycles. The van der Waals surface area contributed by atoms with Gasteiger partial charge in [0.05, 0.1) is 3.57 Å². The monoisotopic (exact) mass is 280 g/mol. The summed E-state index contributed by atoms with van der Waals surface area (Å²) in [6, 6.07) is 2.91. The summed E-state index contributed by atoms with van der Waals surface area (Å²) in [6.45, 7) is 0. The van der Waals surface area contributed by atoms with Crippen molar-refractivity contribution in [2.24, 2.45) is 0 Å². The Labute approximate surface area is 83.1 Å². The molecule has 0 bridgehead atoms. The number of benzene rings is 1. The van der Waals surface area contributed by atoms with Gasteiger partial charge in [-0.05, 0) is 53.0 Å². The molecule has 1 aliphatic rings. The smallest absolute Gasteiger partial charge is 0.142 e. The van der Waals surface area contributed by atoms with Gasteiger partial charge in [0.2, 0.25) is 0 Å². The number of hydrogen-bond donors (Lipinski definition) is 0. The van der Waals surface area contributed by atoms with Crippen molar-refractivity contribution >= 4 is 22.6 Å². The first kappa shape index (κ1) is 8.41. The second kappa shape index (κ2) is 2.94.